The molecule has 0 bridgehead atoms. The van der Waals surface area contributed by atoms with E-state index in [0.717, 1.165) is 10.6 Å². The molecule has 0 aliphatic heterocycles. The second-order valence-electron chi connectivity index (χ2n) is 3.29. The van der Waals surface area contributed by atoms with Crippen LogP contribution < -0.4 is 0 Å². The van der Waals surface area contributed by atoms with E-state index < -0.39 is 5.97 Å². The van der Waals surface area contributed by atoms with Crippen LogP contribution in [0.2, 0.25) is 4.34 Å². The van der Waals surface area contributed by atoms with E-state index >= 15 is 0 Å². The molecular weight excluding hydrogens is 260 g/mol. The van der Waals surface area contributed by atoms with Crippen LogP contribution >= 0.6 is 22.9 Å². The van der Waals surface area contributed by atoms with Gasteiger partial charge in [-0.3, -0.25) is 4.68 Å². The smallest absolute Gasteiger partial charge is 0.356 e. The maximum absolute atomic E-state index is 10.9. The van der Waals surface area contributed by atoms with Gasteiger partial charge in [0.2, 0.25) is 0 Å². The largest absolute Gasteiger partial charge is 0.476 e. The van der Waals surface area contributed by atoms with E-state index in [1.165, 1.54) is 17.4 Å². The second kappa shape index (κ2) is 4.73. The first-order valence-electron chi connectivity index (χ1n) is 4.79. The molecule has 6 heteroatoms. The van der Waals surface area contributed by atoms with Gasteiger partial charge < -0.3 is 5.11 Å². The highest BCUT2D eigenvalue weighted by Crippen LogP contribution is 2.31. The lowest BCUT2D eigenvalue weighted by Crippen LogP contribution is -2.02. The van der Waals surface area contributed by atoms with E-state index in [-0.39, 0.29) is 5.69 Å². The Balaban J connectivity index is 2.50. The van der Waals surface area contributed by atoms with Gasteiger partial charge in [-0.15, -0.1) is 17.9 Å². The molecule has 0 fully saturated rings. The predicted molar refractivity (Wildman–Crippen MR) is 67.7 cm³/mol. The maximum Gasteiger partial charge on any atom is 0.356 e. The molecule has 2 aromatic heterocycles. The summed E-state index contributed by atoms with van der Waals surface area (Å²) in [5, 5.41) is 12.9. The van der Waals surface area contributed by atoms with Crippen LogP contribution in [-0.4, -0.2) is 20.9 Å². The summed E-state index contributed by atoms with van der Waals surface area (Å²) >= 11 is 7.24. The fraction of sp³-hybridized carbons (Fsp3) is 0.0909. The van der Waals surface area contributed by atoms with Crippen molar-refractivity contribution in [3.63, 3.8) is 0 Å². The minimum Gasteiger partial charge on any atom is -0.476 e. The third-order valence-corrected chi connectivity index (χ3v) is 3.38. The molecule has 0 aliphatic carbocycles. The lowest BCUT2D eigenvalue weighted by atomic mass is 10.3. The van der Waals surface area contributed by atoms with Crippen LogP contribution in [0.5, 0.6) is 0 Å². The van der Waals surface area contributed by atoms with Crippen molar-refractivity contribution in [2.45, 2.75) is 6.54 Å². The Morgan fingerprint density at radius 2 is 2.41 bits per heavy atom. The first-order chi connectivity index (χ1) is 8.11. The van der Waals surface area contributed by atoms with Crippen molar-refractivity contribution in [3.05, 3.63) is 40.9 Å². The molecule has 4 nitrogen and oxygen atoms in total. The topological polar surface area (TPSA) is 55.1 Å². The Morgan fingerprint density at radius 1 is 1.65 bits per heavy atom. The number of thiophene rings is 1. The molecule has 0 radical (unpaired) electrons. The number of carbonyl (C=O) groups is 1. The van der Waals surface area contributed by atoms with Crippen molar-refractivity contribution < 1.29 is 9.90 Å². The number of carboxylic acids is 1. The number of rotatable bonds is 4. The molecule has 0 aromatic carbocycles. The van der Waals surface area contributed by atoms with Gasteiger partial charge in [-0.05, 0) is 18.2 Å². The first-order valence-corrected chi connectivity index (χ1v) is 5.99. The van der Waals surface area contributed by atoms with Crippen LogP contribution in [0, 0.1) is 0 Å². The number of hydrogen-bond acceptors (Lipinski definition) is 3. The maximum atomic E-state index is 10.9. The zero-order valence-corrected chi connectivity index (χ0v) is 10.3. The minimum atomic E-state index is -1.04. The summed E-state index contributed by atoms with van der Waals surface area (Å²) in [6.07, 6.45) is 1.66. The van der Waals surface area contributed by atoms with Crippen molar-refractivity contribution in [2.75, 3.05) is 0 Å². The van der Waals surface area contributed by atoms with E-state index in [1.54, 1.807) is 16.8 Å². The summed E-state index contributed by atoms with van der Waals surface area (Å²) in [7, 11) is 0. The van der Waals surface area contributed by atoms with Gasteiger partial charge in [0.05, 0.1) is 21.5 Å². The number of carboxylic acid groups (broad SMARTS) is 1. The van der Waals surface area contributed by atoms with E-state index in [0.29, 0.717) is 10.9 Å². The molecule has 0 amide bonds. The zero-order valence-electron chi connectivity index (χ0n) is 8.76. The average molecular weight is 269 g/mol. The summed E-state index contributed by atoms with van der Waals surface area (Å²) in [4.78, 5) is 11.8. The summed E-state index contributed by atoms with van der Waals surface area (Å²) in [6, 6.07) is 5.15. The Kier molecular flexibility index (Phi) is 3.31. The molecule has 0 aliphatic rings. The lowest BCUT2D eigenvalue weighted by molar-refractivity contribution is 0.0689. The van der Waals surface area contributed by atoms with E-state index in [1.807, 2.05) is 6.07 Å². The molecule has 17 heavy (non-hydrogen) atoms. The van der Waals surface area contributed by atoms with Gasteiger partial charge in [0.15, 0.2) is 5.69 Å². The van der Waals surface area contributed by atoms with Gasteiger partial charge in [-0.2, -0.15) is 5.10 Å². The van der Waals surface area contributed by atoms with Crippen LogP contribution in [0.25, 0.3) is 10.6 Å². The molecule has 1 N–H and O–H groups in total. The normalized spacial score (nSPS) is 10.4. The van der Waals surface area contributed by atoms with Crippen molar-refractivity contribution in [2.24, 2.45) is 0 Å². The van der Waals surface area contributed by atoms with Crippen LogP contribution in [-0.2, 0) is 6.54 Å². The highest BCUT2D eigenvalue weighted by atomic mass is 35.5. The van der Waals surface area contributed by atoms with E-state index in [9.17, 15) is 4.79 Å². The summed E-state index contributed by atoms with van der Waals surface area (Å²) in [5.74, 6) is -1.04. The van der Waals surface area contributed by atoms with E-state index in [2.05, 4.69) is 11.7 Å². The predicted octanol–water partition coefficient (Wildman–Crippen LogP) is 3.15. The summed E-state index contributed by atoms with van der Waals surface area (Å²) in [6.45, 7) is 4.08. The van der Waals surface area contributed by atoms with Gasteiger partial charge in [0, 0.05) is 0 Å². The van der Waals surface area contributed by atoms with Gasteiger partial charge in [-0.25, -0.2) is 4.79 Å². The Labute approximate surface area is 107 Å². The monoisotopic (exact) mass is 268 g/mol. The molecule has 0 saturated heterocycles. The Hall–Kier alpha value is -1.59. The third-order valence-electron chi connectivity index (χ3n) is 2.13. The number of aromatic nitrogens is 2. The van der Waals surface area contributed by atoms with Gasteiger partial charge in [-0.1, -0.05) is 17.7 Å². The standard InChI is InChI=1S/C11H9ClN2O2S/c1-2-5-14-8(6-7(13-14)11(15)16)9-3-4-10(12)17-9/h2-4,6H,1,5H2,(H,15,16). The van der Waals surface area contributed by atoms with Crippen LogP contribution in [0.3, 0.4) is 0 Å². The van der Waals surface area contributed by atoms with Crippen molar-refractivity contribution in [1.29, 1.82) is 0 Å². The van der Waals surface area contributed by atoms with Crippen molar-refractivity contribution in [1.82, 2.24) is 9.78 Å². The SMILES string of the molecule is C=CCn1nc(C(=O)O)cc1-c1ccc(Cl)s1. The van der Waals surface area contributed by atoms with Crippen molar-refractivity contribution >= 4 is 28.9 Å². The molecule has 0 saturated carbocycles. The lowest BCUT2D eigenvalue weighted by Gasteiger charge is -2.01. The molecule has 2 aromatic rings. The Bertz CT molecular complexity index is 574. The number of halogens is 1. The molecule has 0 atom stereocenters. The van der Waals surface area contributed by atoms with Crippen LogP contribution in [0.15, 0.2) is 30.9 Å². The first kappa shape index (κ1) is 11.9. The highest BCUT2D eigenvalue weighted by molar-refractivity contribution is 7.19. The molecular formula is C11H9ClN2O2S. The minimum absolute atomic E-state index is 0.0198. The molecule has 0 unspecified atom stereocenters. The third kappa shape index (κ3) is 2.40. The number of allylic oxidation sites excluding steroid dienone is 1. The molecule has 0 spiro atoms. The molecule has 2 rings (SSSR count). The molecule has 2 heterocycles. The van der Waals surface area contributed by atoms with Crippen LogP contribution in [0.4, 0.5) is 0 Å². The number of nitrogens with zero attached hydrogens (tertiary/aromatic N) is 2. The molecule has 88 valence electrons. The number of hydrogen-bond donors (Lipinski definition) is 1. The Morgan fingerprint density at radius 3 is 2.94 bits per heavy atom. The van der Waals surface area contributed by atoms with E-state index in [4.69, 9.17) is 16.7 Å². The quantitative estimate of drug-likeness (QED) is 0.867. The second-order valence-corrected chi connectivity index (χ2v) is 5.01. The summed E-state index contributed by atoms with van der Waals surface area (Å²) < 4.78 is 2.25. The van der Waals surface area contributed by atoms with Gasteiger partial charge >= 0.3 is 5.97 Å². The van der Waals surface area contributed by atoms with Crippen molar-refractivity contribution in [3.8, 4) is 10.6 Å². The number of aromatic carboxylic acids is 1. The zero-order chi connectivity index (χ0) is 12.4. The average Bonchev–Trinajstić information content (AvgIpc) is 2.85. The highest BCUT2D eigenvalue weighted by Gasteiger charge is 2.15. The van der Waals surface area contributed by atoms with Gasteiger partial charge in [0.25, 0.3) is 0 Å². The summed E-state index contributed by atoms with van der Waals surface area (Å²) in [5.41, 5.74) is 0.755. The van der Waals surface area contributed by atoms with Gasteiger partial charge in [0.1, 0.15) is 0 Å². The fourth-order valence-electron chi connectivity index (χ4n) is 1.43. The fourth-order valence-corrected chi connectivity index (χ4v) is 2.50. The van der Waals surface area contributed by atoms with Crippen LogP contribution in [0.1, 0.15) is 10.5 Å².